The number of carbonyl (C=O) groups is 2. The number of pyridine rings is 1. The molecule has 0 unspecified atom stereocenters. The van der Waals surface area contributed by atoms with Gasteiger partial charge in [-0.05, 0) is 61.6 Å². The number of urea groups is 1. The van der Waals surface area contributed by atoms with Crippen LogP contribution in [0.15, 0.2) is 59.4 Å². The Hall–Kier alpha value is -3.61. The number of amides is 3. The molecule has 1 aliphatic carbocycles. The smallest absolute Gasteiger partial charge is 0.309 e. The number of fused-ring (bicyclic) bond motifs is 1. The second-order valence-electron chi connectivity index (χ2n) is 7.40. The van der Waals surface area contributed by atoms with Crippen LogP contribution in [0, 0.1) is 0 Å². The quantitative estimate of drug-likeness (QED) is 0.503. The van der Waals surface area contributed by atoms with Crippen molar-refractivity contribution in [3.8, 4) is 0 Å². The summed E-state index contributed by atoms with van der Waals surface area (Å²) in [6.45, 7) is 2.55. The molecule has 4 rings (SSSR count). The fourth-order valence-corrected chi connectivity index (χ4v) is 3.88. The van der Waals surface area contributed by atoms with E-state index >= 15 is 0 Å². The van der Waals surface area contributed by atoms with Gasteiger partial charge in [-0.1, -0.05) is 18.2 Å². The van der Waals surface area contributed by atoms with Crippen molar-refractivity contribution in [2.75, 3.05) is 17.1 Å². The summed E-state index contributed by atoms with van der Waals surface area (Å²) in [5, 5.41) is 6.34. The Balaban J connectivity index is 1.83. The number of nitrogens with one attached hydrogen (secondary N) is 1. The molecule has 7 heteroatoms. The number of para-hydroxylation sites is 1. The number of anilines is 2. The zero-order valence-corrected chi connectivity index (χ0v) is 17.0. The van der Waals surface area contributed by atoms with Gasteiger partial charge < -0.3 is 4.57 Å². The summed E-state index contributed by atoms with van der Waals surface area (Å²) in [4.78, 5) is 36.1. The first-order chi connectivity index (χ1) is 14.5. The lowest BCUT2D eigenvalue weighted by Gasteiger charge is -2.33. The molecule has 0 atom stereocenters. The van der Waals surface area contributed by atoms with Gasteiger partial charge in [0, 0.05) is 25.0 Å². The molecule has 0 bridgehead atoms. The number of benzene rings is 2. The summed E-state index contributed by atoms with van der Waals surface area (Å²) in [6.07, 6.45) is 2.54. The average Bonchev–Trinajstić information content (AvgIpc) is 3.59. The minimum atomic E-state index is -0.556. The van der Waals surface area contributed by atoms with Crippen LogP contribution in [0.25, 0.3) is 10.9 Å². The van der Waals surface area contributed by atoms with Gasteiger partial charge >= 0.3 is 6.03 Å². The Bertz CT molecular complexity index is 1150. The summed E-state index contributed by atoms with van der Waals surface area (Å²) in [7, 11) is 1.77. The molecule has 1 fully saturated rings. The first-order valence-corrected chi connectivity index (χ1v) is 10.1. The van der Waals surface area contributed by atoms with Crippen molar-refractivity contribution in [3.05, 3.63) is 70.5 Å². The van der Waals surface area contributed by atoms with Gasteiger partial charge in [-0.15, -0.1) is 0 Å². The first-order valence-electron chi connectivity index (χ1n) is 10.1. The predicted molar refractivity (Wildman–Crippen MR) is 118 cm³/mol. The number of hydrogen-bond donors (Lipinski definition) is 1. The Morgan fingerprint density at radius 1 is 1.13 bits per heavy atom. The Labute approximate surface area is 174 Å². The van der Waals surface area contributed by atoms with Crippen LogP contribution in [0.1, 0.15) is 31.2 Å². The molecule has 1 heterocycles. The van der Waals surface area contributed by atoms with E-state index in [4.69, 9.17) is 0 Å². The van der Waals surface area contributed by atoms with E-state index in [1.807, 2.05) is 43.3 Å². The molecular weight excluding hydrogens is 380 g/mol. The highest BCUT2D eigenvalue weighted by Crippen LogP contribution is 2.43. The van der Waals surface area contributed by atoms with Gasteiger partial charge in [-0.2, -0.15) is 0 Å². The maximum absolute atomic E-state index is 12.6. The number of aromatic nitrogens is 1. The molecule has 7 nitrogen and oxygen atoms in total. The highest BCUT2D eigenvalue weighted by Gasteiger charge is 2.27. The second-order valence-corrected chi connectivity index (χ2v) is 7.40. The molecule has 1 aliphatic rings. The first kappa shape index (κ1) is 19.7. The van der Waals surface area contributed by atoms with E-state index in [0.717, 1.165) is 35.0 Å². The molecule has 1 aromatic heterocycles. The molecule has 0 aliphatic heterocycles. The molecule has 0 radical (unpaired) electrons. The van der Waals surface area contributed by atoms with Crippen molar-refractivity contribution < 1.29 is 9.59 Å². The molecule has 1 N–H and O–H groups in total. The third kappa shape index (κ3) is 3.54. The second kappa shape index (κ2) is 8.02. The number of hydrazine groups is 1. The molecule has 30 heavy (non-hydrogen) atoms. The van der Waals surface area contributed by atoms with Crippen molar-refractivity contribution in [1.29, 1.82) is 0 Å². The number of carbonyl (C=O) groups excluding carboxylic acids is 2. The van der Waals surface area contributed by atoms with Gasteiger partial charge in [0.25, 0.3) is 5.56 Å². The van der Waals surface area contributed by atoms with E-state index in [1.165, 1.54) is 5.01 Å². The Kier molecular flexibility index (Phi) is 5.27. The van der Waals surface area contributed by atoms with Gasteiger partial charge in [0.2, 0.25) is 6.41 Å². The number of imide groups is 1. The fourth-order valence-electron chi connectivity index (χ4n) is 3.88. The van der Waals surface area contributed by atoms with Gasteiger partial charge in [-0.3, -0.25) is 19.9 Å². The predicted octanol–water partition coefficient (Wildman–Crippen LogP) is 3.62. The standard InChI is InChI=1S/C23H24N4O3/c1-3-26-21-12-11-18(13-20(21)19(14-22(26)29)16-9-10-16)25(2)27(23(30)24-15-28)17-7-5-4-6-8-17/h4-8,11-16H,3,9-10H2,1-2H3,(H,24,28,30). The van der Waals surface area contributed by atoms with Crippen molar-refractivity contribution in [2.45, 2.75) is 32.2 Å². The highest BCUT2D eigenvalue weighted by molar-refractivity contribution is 6.00. The zero-order chi connectivity index (χ0) is 21.3. The monoisotopic (exact) mass is 404 g/mol. The number of nitrogens with zero attached hydrogens (tertiary/aromatic N) is 3. The van der Waals surface area contributed by atoms with Crippen LogP contribution in [-0.4, -0.2) is 24.1 Å². The van der Waals surface area contributed by atoms with Crippen LogP contribution in [0.4, 0.5) is 16.2 Å². The third-order valence-electron chi connectivity index (χ3n) is 5.51. The molecule has 1 saturated carbocycles. The Morgan fingerprint density at radius 3 is 2.50 bits per heavy atom. The zero-order valence-electron chi connectivity index (χ0n) is 17.0. The maximum atomic E-state index is 12.6. The normalized spacial score (nSPS) is 13.1. The lowest BCUT2D eigenvalue weighted by Crippen LogP contribution is -2.49. The van der Waals surface area contributed by atoms with Crippen LogP contribution in [0.2, 0.25) is 0 Å². The number of rotatable bonds is 6. The van der Waals surface area contributed by atoms with Crippen LogP contribution in [-0.2, 0) is 11.3 Å². The van der Waals surface area contributed by atoms with Crippen molar-refractivity contribution in [1.82, 2.24) is 9.88 Å². The highest BCUT2D eigenvalue weighted by atomic mass is 16.2. The molecule has 154 valence electrons. The molecular formula is C23H24N4O3. The van der Waals surface area contributed by atoms with Gasteiger partial charge in [0.1, 0.15) is 0 Å². The largest absolute Gasteiger partial charge is 0.347 e. The minimum absolute atomic E-state index is 0.0178. The summed E-state index contributed by atoms with van der Waals surface area (Å²) in [6, 6.07) is 16.1. The molecule has 3 amide bonds. The summed E-state index contributed by atoms with van der Waals surface area (Å²) in [5.41, 5.74) is 3.38. The fraction of sp³-hybridized carbons (Fsp3) is 0.261. The van der Waals surface area contributed by atoms with E-state index in [-0.39, 0.29) is 5.56 Å². The van der Waals surface area contributed by atoms with Gasteiger partial charge in [0.05, 0.1) is 16.9 Å². The minimum Gasteiger partial charge on any atom is -0.309 e. The topological polar surface area (TPSA) is 74.7 Å². The van der Waals surface area contributed by atoms with Gasteiger partial charge in [-0.25, -0.2) is 9.80 Å². The third-order valence-corrected chi connectivity index (χ3v) is 5.51. The van der Waals surface area contributed by atoms with E-state index in [0.29, 0.717) is 24.6 Å². The number of aryl methyl sites for hydroxylation is 1. The molecule has 0 spiro atoms. The summed E-state index contributed by atoms with van der Waals surface area (Å²) < 4.78 is 1.76. The van der Waals surface area contributed by atoms with E-state index in [9.17, 15) is 14.4 Å². The van der Waals surface area contributed by atoms with Crippen molar-refractivity contribution in [3.63, 3.8) is 0 Å². The van der Waals surface area contributed by atoms with Crippen LogP contribution in [0.3, 0.4) is 0 Å². The summed E-state index contributed by atoms with van der Waals surface area (Å²) >= 11 is 0. The van der Waals surface area contributed by atoms with E-state index < -0.39 is 6.03 Å². The van der Waals surface area contributed by atoms with E-state index in [2.05, 4.69) is 5.32 Å². The lowest BCUT2D eigenvalue weighted by molar-refractivity contribution is -0.108. The van der Waals surface area contributed by atoms with Crippen LogP contribution >= 0.6 is 0 Å². The average molecular weight is 404 g/mol. The number of hydrogen-bond acceptors (Lipinski definition) is 4. The molecule has 2 aromatic carbocycles. The SMILES string of the molecule is CCn1c(=O)cc(C2CC2)c2cc(N(C)N(C(=O)NC=O)c3ccccc3)ccc21. The summed E-state index contributed by atoms with van der Waals surface area (Å²) in [5.74, 6) is 0.413. The molecule has 0 saturated heterocycles. The van der Waals surface area contributed by atoms with Crippen molar-refractivity contribution in [2.24, 2.45) is 0 Å². The van der Waals surface area contributed by atoms with Crippen molar-refractivity contribution >= 4 is 34.7 Å². The maximum Gasteiger partial charge on any atom is 0.347 e. The van der Waals surface area contributed by atoms with Crippen LogP contribution in [0.5, 0.6) is 0 Å². The van der Waals surface area contributed by atoms with Crippen LogP contribution < -0.4 is 20.9 Å². The lowest BCUT2D eigenvalue weighted by atomic mass is 10.0. The van der Waals surface area contributed by atoms with E-state index in [1.54, 1.807) is 34.8 Å². The Morgan fingerprint density at radius 2 is 1.87 bits per heavy atom. The molecule has 3 aromatic rings. The van der Waals surface area contributed by atoms with Gasteiger partial charge in [0.15, 0.2) is 0 Å².